The van der Waals surface area contributed by atoms with Gasteiger partial charge in [0.05, 0.1) is 11.2 Å². The second kappa shape index (κ2) is 7.55. The summed E-state index contributed by atoms with van der Waals surface area (Å²) < 4.78 is 0. The third kappa shape index (κ3) is 5.84. The van der Waals surface area contributed by atoms with Crippen molar-refractivity contribution in [3.63, 3.8) is 0 Å². The molecule has 0 spiro atoms. The van der Waals surface area contributed by atoms with Crippen molar-refractivity contribution in [2.45, 2.75) is 25.2 Å². The van der Waals surface area contributed by atoms with Gasteiger partial charge in [0.2, 0.25) is 5.91 Å². The highest BCUT2D eigenvalue weighted by Gasteiger charge is 2.26. The summed E-state index contributed by atoms with van der Waals surface area (Å²) in [5, 5.41) is 12.3. The second-order valence-corrected chi connectivity index (χ2v) is 6.52. The van der Waals surface area contributed by atoms with Gasteiger partial charge >= 0.3 is 5.97 Å². The van der Waals surface area contributed by atoms with Crippen molar-refractivity contribution in [3.8, 4) is 0 Å². The average Bonchev–Trinajstić information content (AvgIpc) is 2.37. The molecule has 0 radical (unpaired) electrons. The molecule has 0 unspecified atom stereocenters. The number of carbonyl (C=O) groups is 2. The monoisotopic (exact) mass is 315 g/mol. The van der Waals surface area contributed by atoms with Crippen molar-refractivity contribution in [2.24, 2.45) is 5.41 Å². The minimum absolute atomic E-state index is 0.105. The molecular weight excluding hydrogens is 298 g/mol. The molecule has 1 aromatic rings. The van der Waals surface area contributed by atoms with E-state index in [0.29, 0.717) is 23.7 Å². The third-order valence-corrected chi connectivity index (χ3v) is 4.10. The lowest BCUT2D eigenvalue weighted by Crippen LogP contribution is -2.32. The van der Waals surface area contributed by atoms with Crippen LogP contribution in [0.4, 0.5) is 0 Å². The zero-order chi connectivity index (χ0) is 15.2. The standard InChI is InChI=1S/C14H18ClNO3S/c1-14(2,13(18)19)7-8-16-12(17)9-20-11-5-3-10(15)4-6-11/h3-6H,7-9H2,1-2H3,(H,16,17)(H,18,19). The number of hydrogen-bond donors (Lipinski definition) is 2. The van der Waals surface area contributed by atoms with Gasteiger partial charge in [-0.15, -0.1) is 11.8 Å². The zero-order valence-electron chi connectivity index (χ0n) is 11.5. The van der Waals surface area contributed by atoms with Crippen molar-refractivity contribution in [1.82, 2.24) is 5.32 Å². The van der Waals surface area contributed by atoms with Gasteiger partial charge in [0.1, 0.15) is 0 Å². The van der Waals surface area contributed by atoms with Crippen molar-refractivity contribution >= 4 is 35.2 Å². The van der Waals surface area contributed by atoms with Crippen molar-refractivity contribution < 1.29 is 14.7 Å². The molecule has 6 heteroatoms. The van der Waals surface area contributed by atoms with Gasteiger partial charge in [-0.05, 0) is 44.5 Å². The Hall–Kier alpha value is -1.20. The van der Waals surface area contributed by atoms with Gasteiger partial charge in [0, 0.05) is 16.5 Å². The number of carboxylic acids is 1. The molecule has 0 aliphatic rings. The van der Waals surface area contributed by atoms with E-state index in [9.17, 15) is 9.59 Å². The van der Waals surface area contributed by atoms with E-state index in [1.54, 1.807) is 26.0 Å². The SMILES string of the molecule is CC(C)(CCNC(=O)CSc1ccc(Cl)cc1)C(=O)O. The molecule has 1 rings (SSSR count). The predicted octanol–water partition coefficient (Wildman–Crippen LogP) is 3.05. The summed E-state index contributed by atoms with van der Waals surface area (Å²) in [5.41, 5.74) is -0.823. The fourth-order valence-electron chi connectivity index (χ4n) is 1.35. The minimum atomic E-state index is -0.859. The van der Waals surface area contributed by atoms with E-state index in [-0.39, 0.29) is 5.91 Å². The number of amides is 1. The van der Waals surface area contributed by atoms with Gasteiger partial charge in [0.15, 0.2) is 0 Å². The number of rotatable bonds is 7. The highest BCUT2D eigenvalue weighted by Crippen LogP contribution is 2.21. The zero-order valence-corrected chi connectivity index (χ0v) is 13.1. The lowest BCUT2D eigenvalue weighted by molar-refractivity contribution is -0.147. The van der Waals surface area contributed by atoms with Crippen LogP contribution in [0.15, 0.2) is 29.2 Å². The summed E-state index contributed by atoms with van der Waals surface area (Å²) in [6.07, 6.45) is 0.402. The number of hydrogen-bond acceptors (Lipinski definition) is 3. The van der Waals surface area contributed by atoms with Gasteiger partial charge in [0.25, 0.3) is 0 Å². The van der Waals surface area contributed by atoms with Crippen LogP contribution >= 0.6 is 23.4 Å². The lowest BCUT2D eigenvalue weighted by atomic mass is 9.90. The molecule has 0 saturated carbocycles. The van der Waals surface area contributed by atoms with E-state index in [4.69, 9.17) is 16.7 Å². The fraction of sp³-hybridized carbons (Fsp3) is 0.429. The van der Waals surface area contributed by atoms with E-state index >= 15 is 0 Å². The van der Waals surface area contributed by atoms with Gasteiger partial charge in [-0.1, -0.05) is 11.6 Å². The average molecular weight is 316 g/mol. The first-order valence-electron chi connectivity index (χ1n) is 6.20. The highest BCUT2D eigenvalue weighted by molar-refractivity contribution is 8.00. The Kier molecular flexibility index (Phi) is 6.36. The molecule has 4 nitrogen and oxygen atoms in total. The maximum absolute atomic E-state index is 11.6. The van der Waals surface area contributed by atoms with Gasteiger partial charge < -0.3 is 10.4 Å². The Bertz CT molecular complexity index is 474. The van der Waals surface area contributed by atoms with Gasteiger partial charge in [-0.25, -0.2) is 0 Å². The van der Waals surface area contributed by atoms with E-state index < -0.39 is 11.4 Å². The Morgan fingerprint density at radius 3 is 2.45 bits per heavy atom. The quantitative estimate of drug-likeness (QED) is 0.759. The maximum atomic E-state index is 11.6. The molecule has 0 aliphatic heterocycles. The first kappa shape index (κ1) is 16.9. The van der Waals surface area contributed by atoms with Crippen LogP contribution in [0.2, 0.25) is 5.02 Å². The van der Waals surface area contributed by atoms with E-state index in [1.807, 2.05) is 12.1 Å². The summed E-state index contributed by atoms with van der Waals surface area (Å²) in [5.74, 6) is -0.664. The molecule has 110 valence electrons. The molecule has 0 heterocycles. The van der Waals surface area contributed by atoms with Crippen LogP contribution in [0, 0.1) is 5.41 Å². The van der Waals surface area contributed by atoms with Crippen LogP contribution < -0.4 is 5.32 Å². The molecule has 0 aromatic heterocycles. The molecule has 0 atom stereocenters. The number of carbonyl (C=O) groups excluding carboxylic acids is 1. The van der Waals surface area contributed by atoms with Gasteiger partial charge in [-0.2, -0.15) is 0 Å². The first-order chi connectivity index (χ1) is 9.31. The van der Waals surface area contributed by atoms with E-state index in [2.05, 4.69) is 5.32 Å². The summed E-state index contributed by atoms with van der Waals surface area (Å²) in [7, 11) is 0. The van der Waals surface area contributed by atoms with Crippen molar-refractivity contribution in [1.29, 1.82) is 0 Å². The fourth-order valence-corrected chi connectivity index (χ4v) is 2.21. The molecular formula is C14H18ClNO3S. The van der Waals surface area contributed by atoms with Crippen LogP contribution in [-0.2, 0) is 9.59 Å². The summed E-state index contributed by atoms with van der Waals surface area (Å²) in [6, 6.07) is 7.26. The lowest BCUT2D eigenvalue weighted by Gasteiger charge is -2.18. The normalized spacial score (nSPS) is 11.2. The molecule has 0 aliphatic carbocycles. The molecule has 0 bridgehead atoms. The number of thioether (sulfide) groups is 1. The Labute approximate surface area is 127 Å². The minimum Gasteiger partial charge on any atom is -0.481 e. The van der Waals surface area contributed by atoms with E-state index in [0.717, 1.165) is 4.90 Å². The number of halogens is 1. The Morgan fingerprint density at radius 1 is 1.30 bits per heavy atom. The molecule has 1 aromatic carbocycles. The maximum Gasteiger partial charge on any atom is 0.309 e. The Morgan fingerprint density at radius 2 is 1.90 bits per heavy atom. The van der Waals surface area contributed by atoms with Crippen LogP contribution in [0.25, 0.3) is 0 Å². The number of nitrogens with one attached hydrogen (secondary N) is 1. The number of carboxylic acid groups (broad SMARTS) is 1. The molecule has 0 saturated heterocycles. The highest BCUT2D eigenvalue weighted by atomic mass is 35.5. The number of benzene rings is 1. The van der Waals surface area contributed by atoms with Crippen LogP contribution in [-0.4, -0.2) is 29.3 Å². The molecule has 1 amide bonds. The third-order valence-electron chi connectivity index (χ3n) is 2.83. The number of aliphatic carboxylic acids is 1. The van der Waals surface area contributed by atoms with Crippen LogP contribution in [0.3, 0.4) is 0 Å². The van der Waals surface area contributed by atoms with Crippen LogP contribution in [0.5, 0.6) is 0 Å². The topological polar surface area (TPSA) is 66.4 Å². The largest absolute Gasteiger partial charge is 0.481 e. The van der Waals surface area contributed by atoms with Crippen LogP contribution in [0.1, 0.15) is 20.3 Å². The van der Waals surface area contributed by atoms with Gasteiger partial charge in [-0.3, -0.25) is 9.59 Å². The first-order valence-corrected chi connectivity index (χ1v) is 7.56. The smallest absolute Gasteiger partial charge is 0.309 e. The molecule has 20 heavy (non-hydrogen) atoms. The molecule has 0 fully saturated rings. The van der Waals surface area contributed by atoms with Crippen molar-refractivity contribution in [3.05, 3.63) is 29.3 Å². The predicted molar refractivity (Wildman–Crippen MR) is 81.2 cm³/mol. The van der Waals surface area contributed by atoms with Crippen molar-refractivity contribution in [2.75, 3.05) is 12.3 Å². The Balaban J connectivity index is 2.27. The summed E-state index contributed by atoms with van der Waals surface area (Å²) >= 11 is 7.19. The molecule has 2 N–H and O–H groups in total. The van der Waals surface area contributed by atoms with E-state index in [1.165, 1.54) is 11.8 Å². The second-order valence-electron chi connectivity index (χ2n) is 5.03. The summed E-state index contributed by atoms with van der Waals surface area (Å²) in [4.78, 5) is 23.5. The summed E-state index contributed by atoms with van der Waals surface area (Å²) in [6.45, 7) is 3.65.